The van der Waals surface area contributed by atoms with E-state index in [1.54, 1.807) is 6.92 Å². The number of carbonyl (C=O) groups excluding carboxylic acids is 3. The van der Waals surface area contributed by atoms with Crippen molar-refractivity contribution in [2.45, 2.75) is 33.7 Å². The van der Waals surface area contributed by atoms with Gasteiger partial charge < -0.3 is 15.4 Å². The Morgan fingerprint density at radius 3 is 2.24 bits per heavy atom. The third-order valence-electron chi connectivity index (χ3n) is 2.02. The lowest BCUT2D eigenvalue weighted by Crippen LogP contribution is -2.50. The molecule has 0 bridgehead atoms. The first-order chi connectivity index (χ1) is 7.88. The van der Waals surface area contributed by atoms with Crippen LogP contribution in [-0.2, 0) is 19.1 Å². The van der Waals surface area contributed by atoms with Gasteiger partial charge in [-0.15, -0.1) is 0 Å². The fraction of sp³-hybridized carbons (Fsp3) is 0.727. The zero-order chi connectivity index (χ0) is 13.4. The molecule has 0 aromatic heterocycles. The maximum atomic E-state index is 11.7. The van der Waals surface area contributed by atoms with Crippen molar-refractivity contribution in [3.8, 4) is 0 Å². The van der Waals surface area contributed by atoms with E-state index >= 15 is 0 Å². The third kappa shape index (κ3) is 6.55. The molecule has 1 unspecified atom stereocenters. The van der Waals surface area contributed by atoms with E-state index in [-0.39, 0.29) is 30.9 Å². The Morgan fingerprint density at radius 2 is 1.82 bits per heavy atom. The second kappa shape index (κ2) is 7.65. The van der Waals surface area contributed by atoms with Crippen molar-refractivity contribution >= 4 is 17.8 Å². The van der Waals surface area contributed by atoms with Crippen LogP contribution >= 0.6 is 0 Å². The molecular weight excluding hydrogens is 224 g/mol. The first-order valence-corrected chi connectivity index (χ1v) is 5.58. The molecule has 98 valence electrons. The number of esters is 1. The summed E-state index contributed by atoms with van der Waals surface area (Å²) in [5.74, 6) is -1.22. The van der Waals surface area contributed by atoms with Crippen LogP contribution in [0.1, 0.15) is 27.7 Å². The fourth-order valence-electron chi connectivity index (χ4n) is 1.24. The number of amides is 2. The fourth-order valence-corrected chi connectivity index (χ4v) is 1.24. The molecule has 0 saturated carbocycles. The van der Waals surface area contributed by atoms with E-state index in [9.17, 15) is 14.4 Å². The van der Waals surface area contributed by atoms with Crippen LogP contribution in [0.15, 0.2) is 0 Å². The number of ether oxygens (including phenoxy) is 1. The van der Waals surface area contributed by atoms with Gasteiger partial charge in [-0.1, -0.05) is 13.8 Å². The number of carbonyl (C=O) groups is 3. The van der Waals surface area contributed by atoms with Crippen molar-refractivity contribution in [2.24, 2.45) is 5.92 Å². The van der Waals surface area contributed by atoms with Crippen molar-refractivity contribution in [3.63, 3.8) is 0 Å². The Kier molecular flexibility index (Phi) is 6.93. The predicted molar refractivity (Wildman–Crippen MR) is 62.1 cm³/mol. The Bertz CT molecular complexity index is 289. The van der Waals surface area contributed by atoms with Crippen molar-refractivity contribution in [2.75, 3.05) is 13.2 Å². The first-order valence-electron chi connectivity index (χ1n) is 5.58. The second-order valence-electron chi connectivity index (χ2n) is 3.95. The van der Waals surface area contributed by atoms with Crippen molar-refractivity contribution < 1.29 is 19.1 Å². The first kappa shape index (κ1) is 15.4. The van der Waals surface area contributed by atoms with Gasteiger partial charge in [-0.25, -0.2) is 0 Å². The lowest BCUT2D eigenvalue weighted by molar-refractivity contribution is -0.143. The average Bonchev–Trinajstić information content (AvgIpc) is 2.22. The highest BCUT2D eigenvalue weighted by Crippen LogP contribution is 2.01. The molecule has 17 heavy (non-hydrogen) atoms. The maximum Gasteiger partial charge on any atom is 0.325 e. The van der Waals surface area contributed by atoms with Crippen LogP contribution in [0.25, 0.3) is 0 Å². The minimum Gasteiger partial charge on any atom is -0.465 e. The van der Waals surface area contributed by atoms with Gasteiger partial charge in [-0.2, -0.15) is 0 Å². The summed E-state index contributed by atoms with van der Waals surface area (Å²) in [6.07, 6.45) is 0. The lowest BCUT2D eigenvalue weighted by atomic mass is 10.0. The second-order valence-corrected chi connectivity index (χ2v) is 3.95. The molecule has 0 radical (unpaired) electrons. The molecule has 6 heteroatoms. The van der Waals surface area contributed by atoms with Crippen LogP contribution in [0, 0.1) is 5.92 Å². The molecule has 2 N–H and O–H groups in total. The quantitative estimate of drug-likeness (QED) is 0.635. The normalized spacial score (nSPS) is 11.8. The van der Waals surface area contributed by atoms with Gasteiger partial charge in [0.05, 0.1) is 6.61 Å². The Morgan fingerprint density at radius 1 is 1.24 bits per heavy atom. The van der Waals surface area contributed by atoms with Gasteiger partial charge in [0.15, 0.2) is 0 Å². The van der Waals surface area contributed by atoms with E-state index in [4.69, 9.17) is 0 Å². The van der Waals surface area contributed by atoms with Gasteiger partial charge in [0.1, 0.15) is 12.6 Å². The monoisotopic (exact) mass is 244 g/mol. The SMILES string of the molecule is CCOC(=O)CNC(=O)C(NC(C)=O)C(C)C. The summed E-state index contributed by atoms with van der Waals surface area (Å²) in [6, 6.07) is -0.637. The van der Waals surface area contributed by atoms with Crippen LogP contribution in [0.5, 0.6) is 0 Å². The molecule has 0 aromatic rings. The molecule has 1 atom stereocenters. The molecule has 0 aromatic carbocycles. The van der Waals surface area contributed by atoms with Crippen molar-refractivity contribution in [1.29, 1.82) is 0 Å². The van der Waals surface area contributed by atoms with Gasteiger partial charge in [0.2, 0.25) is 11.8 Å². The number of nitrogens with one attached hydrogen (secondary N) is 2. The highest BCUT2D eigenvalue weighted by Gasteiger charge is 2.23. The standard InChI is InChI=1S/C11H20N2O4/c1-5-17-9(15)6-12-11(16)10(7(2)3)13-8(4)14/h7,10H,5-6H2,1-4H3,(H,12,16)(H,13,14). The Hall–Kier alpha value is -1.59. The molecule has 0 spiro atoms. The zero-order valence-corrected chi connectivity index (χ0v) is 10.7. The highest BCUT2D eigenvalue weighted by molar-refractivity contribution is 5.89. The molecule has 0 aliphatic carbocycles. The van der Waals surface area contributed by atoms with Gasteiger partial charge >= 0.3 is 5.97 Å². The molecule has 0 rings (SSSR count). The van der Waals surface area contributed by atoms with E-state index in [0.29, 0.717) is 0 Å². The minimum absolute atomic E-state index is 0.0545. The zero-order valence-electron chi connectivity index (χ0n) is 10.7. The molecule has 0 heterocycles. The molecule has 0 saturated heterocycles. The summed E-state index contributed by atoms with van der Waals surface area (Å²) in [4.78, 5) is 33.7. The van der Waals surface area contributed by atoms with Crippen LogP contribution < -0.4 is 10.6 Å². The number of hydrogen-bond donors (Lipinski definition) is 2. The van der Waals surface area contributed by atoms with Gasteiger partial charge in [-0.05, 0) is 12.8 Å². The van der Waals surface area contributed by atoms with E-state index in [1.165, 1.54) is 6.92 Å². The molecule has 2 amide bonds. The average molecular weight is 244 g/mol. The van der Waals surface area contributed by atoms with Gasteiger partial charge in [-0.3, -0.25) is 14.4 Å². The smallest absolute Gasteiger partial charge is 0.325 e. The van der Waals surface area contributed by atoms with E-state index in [2.05, 4.69) is 15.4 Å². The summed E-state index contributed by atoms with van der Waals surface area (Å²) >= 11 is 0. The summed E-state index contributed by atoms with van der Waals surface area (Å²) in [5.41, 5.74) is 0. The predicted octanol–water partition coefficient (Wildman–Crippen LogP) is -0.174. The van der Waals surface area contributed by atoms with Crippen LogP contribution in [0.3, 0.4) is 0 Å². The topological polar surface area (TPSA) is 84.5 Å². The summed E-state index contributed by atoms with van der Waals surface area (Å²) in [7, 11) is 0. The van der Waals surface area contributed by atoms with Gasteiger partial charge in [0.25, 0.3) is 0 Å². The van der Waals surface area contributed by atoms with Crippen LogP contribution in [-0.4, -0.2) is 37.0 Å². The van der Waals surface area contributed by atoms with E-state index < -0.39 is 12.0 Å². The summed E-state index contributed by atoms with van der Waals surface area (Å²) in [6.45, 7) is 6.74. The summed E-state index contributed by atoms with van der Waals surface area (Å²) < 4.78 is 4.67. The Labute approximate surface area is 101 Å². The maximum absolute atomic E-state index is 11.7. The number of hydrogen-bond acceptors (Lipinski definition) is 4. The Balaban J connectivity index is 4.24. The number of rotatable bonds is 6. The molecule has 0 aliphatic rings. The molecular formula is C11H20N2O4. The van der Waals surface area contributed by atoms with Crippen LogP contribution in [0.4, 0.5) is 0 Å². The van der Waals surface area contributed by atoms with Crippen molar-refractivity contribution in [1.82, 2.24) is 10.6 Å². The molecule has 0 fully saturated rings. The third-order valence-corrected chi connectivity index (χ3v) is 2.02. The van der Waals surface area contributed by atoms with E-state index in [0.717, 1.165) is 0 Å². The largest absolute Gasteiger partial charge is 0.465 e. The lowest BCUT2D eigenvalue weighted by Gasteiger charge is -2.20. The minimum atomic E-state index is -0.637. The van der Waals surface area contributed by atoms with E-state index in [1.807, 2.05) is 13.8 Å². The summed E-state index contributed by atoms with van der Waals surface area (Å²) in [5, 5.41) is 4.96. The highest BCUT2D eigenvalue weighted by atomic mass is 16.5. The molecule has 0 aliphatic heterocycles. The van der Waals surface area contributed by atoms with Crippen LogP contribution in [0.2, 0.25) is 0 Å². The van der Waals surface area contributed by atoms with Crippen molar-refractivity contribution in [3.05, 3.63) is 0 Å². The van der Waals surface area contributed by atoms with Gasteiger partial charge in [0, 0.05) is 6.92 Å². The molecule has 6 nitrogen and oxygen atoms in total.